The lowest BCUT2D eigenvalue weighted by atomic mass is 9.75. The Hall–Kier alpha value is -4.94. The molecule has 0 unspecified atom stereocenters. The summed E-state index contributed by atoms with van der Waals surface area (Å²) >= 11 is 0. The van der Waals surface area contributed by atoms with Crippen LogP contribution in [0.4, 0.5) is 0 Å². The molecule has 0 radical (unpaired) electrons. The van der Waals surface area contributed by atoms with E-state index >= 15 is 0 Å². The third-order valence-corrected chi connectivity index (χ3v) is 8.61. The highest BCUT2D eigenvalue weighted by Crippen LogP contribution is 2.41. The first-order valence-electron chi connectivity index (χ1n) is 15.6. The average molecular weight is 569 g/mol. The highest BCUT2D eigenvalue weighted by atomic mass is 14.3. The highest BCUT2D eigenvalue weighted by Gasteiger charge is 2.26. The zero-order valence-corrected chi connectivity index (χ0v) is 26.2. The summed E-state index contributed by atoms with van der Waals surface area (Å²) in [6, 6.07) is 46.5. The molecule has 216 valence electrons. The summed E-state index contributed by atoms with van der Waals surface area (Å²) in [5.41, 5.74) is 13.2. The minimum absolute atomic E-state index is 0.232. The van der Waals surface area contributed by atoms with E-state index in [0.29, 0.717) is 0 Å². The van der Waals surface area contributed by atoms with Crippen LogP contribution in [0.5, 0.6) is 0 Å². The number of allylic oxidation sites excluding steroid dienone is 6. The predicted molar refractivity (Wildman–Crippen MR) is 189 cm³/mol. The van der Waals surface area contributed by atoms with E-state index in [2.05, 4.69) is 192 Å². The molecule has 0 saturated carbocycles. The molecule has 0 aliphatic heterocycles. The van der Waals surface area contributed by atoms with Gasteiger partial charge < -0.3 is 0 Å². The van der Waals surface area contributed by atoms with Crippen LogP contribution < -0.4 is 0 Å². The maximum Gasteiger partial charge on any atom is 0.0442 e. The van der Waals surface area contributed by atoms with E-state index in [-0.39, 0.29) is 5.92 Å². The Bertz CT molecular complexity index is 1610. The standard InChI is InChI=1S/C44H40/c1-32-10-18-38(19-11-32)42(39-20-12-33(2)13-21-39)30-44(28-26-37(27-29-44)36-8-6-5-7-9-36)31-43(40-22-14-34(3)15-23-40)41-24-16-35(4)17-25-41/h5-31,37H,1-4H3. The fraction of sp³-hybridized carbons (Fsp3) is 0.136. The first-order chi connectivity index (χ1) is 21.4. The Morgan fingerprint density at radius 1 is 0.432 bits per heavy atom. The molecular weight excluding hydrogens is 528 g/mol. The summed E-state index contributed by atoms with van der Waals surface area (Å²) in [5.74, 6) is 0.232. The lowest BCUT2D eigenvalue weighted by molar-refractivity contribution is 0.784. The van der Waals surface area contributed by atoms with Crippen LogP contribution in [0.1, 0.15) is 56.0 Å². The van der Waals surface area contributed by atoms with Crippen molar-refractivity contribution in [1.82, 2.24) is 0 Å². The summed E-state index contributed by atoms with van der Waals surface area (Å²) in [6.07, 6.45) is 14.4. The molecule has 0 nitrogen and oxygen atoms in total. The maximum atomic E-state index is 2.46. The molecule has 0 N–H and O–H groups in total. The van der Waals surface area contributed by atoms with Gasteiger partial charge in [-0.15, -0.1) is 0 Å². The van der Waals surface area contributed by atoms with Gasteiger partial charge in [-0.1, -0.05) is 186 Å². The topological polar surface area (TPSA) is 0 Å². The van der Waals surface area contributed by atoms with Crippen molar-refractivity contribution in [2.24, 2.45) is 5.41 Å². The molecule has 0 atom stereocenters. The van der Waals surface area contributed by atoms with Gasteiger partial charge in [0, 0.05) is 11.3 Å². The number of rotatable bonds is 7. The van der Waals surface area contributed by atoms with Crippen molar-refractivity contribution >= 4 is 11.1 Å². The smallest absolute Gasteiger partial charge is 0.0442 e. The fourth-order valence-electron chi connectivity index (χ4n) is 5.89. The van der Waals surface area contributed by atoms with Crippen LogP contribution in [0.15, 0.2) is 164 Å². The van der Waals surface area contributed by atoms with Crippen molar-refractivity contribution in [3.05, 3.63) is 214 Å². The minimum atomic E-state index is -0.457. The van der Waals surface area contributed by atoms with Crippen molar-refractivity contribution in [2.45, 2.75) is 33.6 Å². The third-order valence-electron chi connectivity index (χ3n) is 8.61. The Kier molecular flexibility index (Phi) is 8.44. The van der Waals surface area contributed by atoms with E-state index in [4.69, 9.17) is 0 Å². The van der Waals surface area contributed by atoms with Crippen LogP contribution >= 0.6 is 0 Å². The SMILES string of the molecule is Cc1ccc(C(=CC2(C=C(c3ccc(C)cc3)c3ccc(C)cc3)C=CC(c3ccccc3)C=C2)c2ccc(C)cc2)cc1. The minimum Gasteiger partial charge on any atom is -0.0758 e. The molecule has 0 aromatic heterocycles. The van der Waals surface area contributed by atoms with Gasteiger partial charge in [0.2, 0.25) is 0 Å². The van der Waals surface area contributed by atoms with Crippen molar-refractivity contribution in [3.63, 3.8) is 0 Å². The van der Waals surface area contributed by atoms with Crippen molar-refractivity contribution < 1.29 is 0 Å². The van der Waals surface area contributed by atoms with Crippen molar-refractivity contribution in [3.8, 4) is 0 Å². The number of hydrogen-bond acceptors (Lipinski definition) is 0. The van der Waals surface area contributed by atoms with E-state index in [1.807, 2.05) is 0 Å². The molecule has 5 aromatic rings. The van der Waals surface area contributed by atoms with Gasteiger partial charge in [-0.2, -0.15) is 0 Å². The van der Waals surface area contributed by atoms with Crippen LogP contribution in [-0.2, 0) is 0 Å². The Labute approximate surface area is 263 Å². The molecule has 0 fully saturated rings. The van der Waals surface area contributed by atoms with Gasteiger partial charge in [0.05, 0.1) is 0 Å². The van der Waals surface area contributed by atoms with Crippen LogP contribution in [0.2, 0.25) is 0 Å². The zero-order valence-electron chi connectivity index (χ0n) is 26.2. The first kappa shape index (κ1) is 29.1. The highest BCUT2D eigenvalue weighted by molar-refractivity contribution is 5.85. The van der Waals surface area contributed by atoms with Gasteiger partial charge in [0.25, 0.3) is 0 Å². The third kappa shape index (κ3) is 6.66. The maximum absolute atomic E-state index is 2.46. The molecule has 5 aromatic carbocycles. The lowest BCUT2D eigenvalue weighted by Crippen LogP contribution is -2.15. The van der Waals surface area contributed by atoms with E-state index in [1.165, 1.54) is 61.2 Å². The van der Waals surface area contributed by atoms with E-state index < -0.39 is 5.41 Å². The summed E-state index contributed by atoms with van der Waals surface area (Å²) < 4.78 is 0. The zero-order chi connectivity index (χ0) is 30.5. The largest absolute Gasteiger partial charge is 0.0758 e. The lowest BCUT2D eigenvalue weighted by Gasteiger charge is -2.29. The molecule has 1 aliphatic carbocycles. The van der Waals surface area contributed by atoms with Crippen molar-refractivity contribution in [2.75, 3.05) is 0 Å². The Morgan fingerprint density at radius 3 is 1.07 bits per heavy atom. The van der Waals surface area contributed by atoms with E-state index in [9.17, 15) is 0 Å². The molecule has 0 heteroatoms. The van der Waals surface area contributed by atoms with Crippen LogP contribution in [-0.4, -0.2) is 0 Å². The quantitative estimate of drug-likeness (QED) is 0.171. The van der Waals surface area contributed by atoms with Gasteiger partial charge >= 0.3 is 0 Å². The molecule has 0 saturated heterocycles. The van der Waals surface area contributed by atoms with Gasteiger partial charge in [-0.25, -0.2) is 0 Å². The van der Waals surface area contributed by atoms with Crippen LogP contribution in [0, 0.1) is 33.1 Å². The summed E-state index contributed by atoms with van der Waals surface area (Å²) in [6.45, 7) is 8.59. The fourth-order valence-corrected chi connectivity index (χ4v) is 5.89. The van der Waals surface area contributed by atoms with E-state index in [0.717, 1.165) is 0 Å². The van der Waals surface area contributed by atoms with E-state index in [1.54, 1.807) is 0 Å². The van der Waals surface area contributed by atoms with Gasteiger partial charge in [0.1, 0.15) is 0 Å². The summed E-state index contributed by atoms with van der Waals surface area (Å²) in [5, 5.41) is 0. The second-order valence-electron chi connectivity index (χ2n) is 12.2. The normalized spacial score (nSPS) is 13.8. The van der Waals surface area contributed by atoms with Gasteiger partial charge in [0.15, 0.2) is 0 Å². The van der Waals surface area contributed by atoms with Crippen LogP contribution in [0.3, 0.4) is 0 Å². The molecule has 0 spiro atoms. The summed E-state index contributed by atoms with van der Waals surface area (Å²) in [7, 11) is 0. The molecular formula is C44H40. The Balaban J connectivity index is 1.59. The monoisotopic (exact) mass is 568 g/mol. The molecule has 44 heavy (non-hydrogen) atoms. The number of hydrogen-bond donors (Lipinski definition) is 0. The second kappa shape index (κ2) is 12.7. The summed E-state index contributed by atoms with van der Waals surface area (Å²) in [4.78, 5) is 0. The Morgan fingerprint density at radius 2 is 0.750 bits per heavy atom. The molecule has 1 aliphatic rings. The molecule has 0 heterocycles. The number of benzene rings is 5. The first-order valence-corrected chi connectivity index (χ1v) is 15.6. The number of aryl methyl sites for hydroxylation is 4. The molecule has 0 bridgehead atoms. The van der Waals surface area contributed by atoms with Gasteiger partial charge in [-0.3, -0.25) is 0 Å². The molecule has 0 amide bonds. The average Bonchev–Trinajstić information content (AvgIpc) is 3.05. The van der Waals surface area contributed by atoms with Crippen LogP contribution in [0.25, 0.3) is 11.1 Å². The molecule has 6 rings (SSSR count). The predicted octanol–water partition coefficient (Wildman–Crippen LogP) is 11.4. The van der Waals surface area contributed by atoms with Gasteiger partial charge in [-0.05, 0) is 66.7 Å². The van der Waals surface area contributed by atoms with Crippen molar-refractivity contribution in [1.29, 1.82) is 0 Å². The second-order valence-corrected chi connectivity index (χ2v) is 12.2.